The molecule has 0 N–H and O–H groups in total. The smallest absolute Gasteiger partial charge is 0.165 e. The Hall–Kier alpha value is -1.75. The van der Waals surface area contributed by atoms with Gasteiger partial charge < -0.3 is 9.64 Å². The van der Waals surface area contributed by atoms with Crippen LogP contribution >= 0.6 is 0 Å². The molecule has 5 heteroatoms. The summed E-state index contributed by atoms with van der Waals surface area (Å²) in [5, 5.41) is 1.09. The summed E-state index contributed by atoms with van der Waals surface area (Å²) in [5.74, 6) is 1.61. The maximum Gasteiger partial charge on any atom is 0.165 e. The van der Waals surface area contributed by atoms with Gasteiger partial charge in [0, 0.05) is 31.3 Å². The summed E-state index contributed by atoms with van der Waals surface area (Å²) in [5.41, 5.74) is 3.00. The molecule has 1 saturated heterocycles. The molecule has 0 bridgehead atoms. The Bertz CT molecular complexity index is 658. The van der Waals surface area contributed by atoms with Gasteiger partial charge in [0.15, 0.2) is 5.65 Å². The largest absolute Gasteiger partial charge is 0.381 e. The van der Waals surface area contributed by atoms with E-state index in [2.05, 4.69) is 39.8 Å². The van der Waals surface area contributed by atoms with Crippen molar-refractivity contribution in [2.75, 3.05) is 31.2 Å². The van der Waals surface area contributed by atoms with Crippen molar-refractivity contribution in [2.24, 2.45) is 5.92 Å². The summed E-state index contributed by atoms with van der Waals surface area (Å²) >= 11 is 0. The van der Waals surface area contributed by atoms with Crippen LogP contribution in [0.2, 0.25) is 0 Å². The van der Waals surface area contributed by atoms with Crippen LogP contribution in [0.5, 0.6) is 0 Å². The van der Waals surface area contributed by atoms with Gasteiger partial charge in [-0.15, -0.1) is 0 Å². The highest BCUT2D eigenvalue weighted by molar-refractivity contribution is 5.90. The van der Waals surface area contributed by atoms with E-state index in [1.54, 1.807) is 6.33 Å². The lowest BCUT2D eigenvalue weighted by atomic mass is 10.1. The number of rotatable bonds is 5. The molecule has 3 heterocycles. The van der Waals surface area contributed by atoms with Crippen LogP contribution in [0.25, 0.3) is 11.0 Å². The molecule has 0 saturated carbocycles. The lowest BCUT2D eigenvalue weighted by Crippen LogP contribution is -2.23. The second-order valence-electron chi connectivity index (χ2n) is 6.15. The Balaban J connectivity index is 1.82. The number of anilines is 1. The molecule has 0 radical (unpaired) electrons. The van der Waals surface area contributed by atoms with Crippen molar-refractivity contribution in [3.8, 4) is 0 Å². The average Bonchev–Trinajstić information content (AvgIpc) is 2.95. The van der Waals surface area contributed by atoms with Crippen LogP contribution in [0.4, 0.5) is 5.82 Å². The van der Waals surface area contributed by atoms with Crippen molar-refractivity contribution in [1.29, 1.82) is 0 Å². The van der Waals surface area contributed by atoms with Crippen LogP contribution in [0.3, 0.4) is 0 Å². The number of hydrogen-bond donors (Lipinski definition) is 0. The maximum atomic E-state index is 5.71. The summed E-state index contributed by atoms with van der Waals surface area (Å²) in [7, 11) is 0. The predicted octanol–water partition coefficient (Wildman–Crippen LogP) is 2.89. The highest BCUT2D eigenvalue weighted by Gasteiger charge is 2.25. The number of nitrogens with zero attached hydrogens (tertiary/aromatic N) is 4. The van der Waals surface area contributed by atoms with E-state index in [0.717, 1.165) is 61.7 Å². The highest BCUT2D eigenvalue weighted by Crippen LogP contribution is 2.29. The summed E-state index contributed by atoms with van der Waals surface area (Å²) < 4.78 is 5.71. The van der Waals surface area contributed by atoms with E-state index in [1.807, 2.05) is 6.92 Å². The fourth-order valence-corrected chi connectivity index (χ4v) is 3.18. The Morgan fingerprint density at radius 2 is 2.18 bits per heavy atom. The van der Waals surface area contributed by atoms with E-state index in [9.17, 15) is 0 Å². The van der Waals surface area contributed by atoms with E-state index in [-0.39, 0.29) is 0 Å². The topological polar surface area (TPSA) is 51.1 Å². The summed E-state index contributed by atoms with van der Waals surface area (Å²) in [6, 6.07) is 2.10. The SMILES string of the molecule is CCCOC[C@@H]1CCN(c2ncnc3nc(C)cc(C)c23)C1. The molecule has 3 rings (SSSR count). The van der Waals surface area contributed by atoms with E-state index < -0.39 is 0 Å². The monoisotopic (exact) mass is 300 g/mol. The molecule has 0 amide bonds. The quantitative estimate of drug-likeness (QED) is 0.795. The zero-order valence-corrected chi connectivity index (χ0v) is 13.7. The molecule has 1 fully saturated rings. The molecule has 0 aliphatic carbocycles. The maximum absolute atomic E-state index is 5.71. The summed E-state index contributed by atoms with van der Waals surface area (Å²) in [4.78, 5) is 15.8. The average molecular weight is 300 g/mol. The van der Waals surface area contributed by atoms with Gasteiger partial charge in [-0.25, -0.2) is 15.0 Å². The zero-order valence-electron chi connectivity index (χ0n) is 13.7. The minimum atomic E-state index is 0.593. The lowest BCUT2D eigenvalue weighted by molar-refractivity contribution is 0.106. The number of aromatic nitrogens is 3. The second-order valence-corrected chi connectivity index (χ2v) is 6.15. The number of fused-ring (bicyclic) bond motifs is 1. The fourth-order valence-electron chi connectivity index (χ4n) is 3.18. The van der Waals surface area contributed by atoms with Crippen LogP contribution in [0.15, 0.2) is 12.4 Å². The summed E-state index contributed by atoms with van der Waals surface area (Å²) in [6.07, 6.45) is 3.87. The first-order valence-electron chi connectivity index (χ1n) is 8.10. The van der Waals surface area contributed by atoms with Gasteiger partial charge >= 0.3 is 0 Å². The normalized spacial score (nSPS) is 18.3. The van der Waals surface area contributed by atoms with Crippen molar-refractivity contribution in [3.05, 3.63) is 23.7 Å². The number of pyridine rings is 1. The third-order valence-corrected chi connectivity index (χ3v) is 4.20. The van der Waals surface area contributed by atoms with E-state index in [4.69, 9.17) is 4.74 Å². The Labute approximate surface area is 131 Å². The molecule has 1 atom stereocenters. The van der Waals surface area contributed by atoms with Gasteiger partial charge in [-0.2, -0.15) is 0 Å². The first-order valence-corrected chi connectivity index (χ1v) is 8.10. The van der Waals surface area contributed by atoms with Gasteiger partial charge in [0.25, 0.3) is 0 Å². The molecule has 5 nitrogen and oxygen atoms in total. The van der Waals surface area contributed by atoms with Gasteiger partial charge in [-0.3, -0.25) is 0 Å². The first kappa shape index (κ1) is 15.2. The molecule has 0 unspecified atom stereocenters. The van der Waals surface area contributed by atoms with Crippen molar-refractivity contribution in [2.45, 2.75) is 33.6 Å². The highest BCUT2D eigenvalue weighted by atomic mass is 16.5. The minimum Gasteiger partial charge on any atom is -0.381 e. The molecule has 1 aliphatic heterocycles. The number of aryl methyl sites for hydroxylation is 2. The van der Waals surface area contributed by atoms with Gasteiger partial charge in [0.2, 0.25) is 0 Å². The molecule has 2 aromatic rings. The number of hydrogen-bond acceptors (Lipinski definition) is 5. The standard InChI is InChI=1S/C17H24N4O/c1-4-7-22-10-14-5-6-21(9-14)17-15-12(2)8-13(3)20-16(15)18-11-19-17/h8,11,14H,4-7,9-10H2,1-3H3/t14-/m1/s1. The Morgan fingerprint density at radius 3 is 3.00 bits per heavy atom. The molecule has 0 aromatic carbocycles. The van der Waals surface area contributed by atoms with Gasteiger partial charge in [-0.1, -0.05) is 6.92 Å². The van der Waals surface area contributed by atoms with Crippen LogP contribution in [-0.2, 0) is 4.74 Å². The second kappa shape index (κ2) is 6.57. The van der Waals surface area contributed by atoms with Gasteiger partial charge in [0.05, 0.1) is 12.0 Å². The van der Waals surface area contributed by atoms with E-state index >= 15 is 0 Å². The predicted molar refractivity (Wildman–Crippen MR) is 88.2 cm³/mol. The van der Waals surface area contributed by atoms with Crippen LogP contribution in [-0.4, -0.2) is 41.3 Å². The zero-order chi connectivity index (χ0) is 15.5. The third kappa shape index (κ3) is 3.04. The molecule has 0 spiro atoms. The number of ether oxygens (including phenoxy) is 1. The van der Waals surface area contributed by atoms with Crippen molar-refractivity contribution < 1.29 is 4.74 Å². The van der Waals surface area contributed by atoms with Crippen molar-refractivity contribution in [3.63, 3.8) is 0 Å². The molecule has 1 aliphatic rings. The molecule has 2 aromatic heterocycles. The Kier molecular flexibility index (Phi) is 4.52. The molecular formula is C17H24N4O. The van der Waals surface area contributed by atoms with Crippen molar-refractivity contribution >= 4 is 16.9 Å². The van der Waals surface area contributed by atoms with E-state index in [1.165, 1.54) is 5.56 Å². The molecule has 22 heavy (non-hydrogen) atoms. The van der Waals surface area contributed by atoms with Crippen molar-refractivity contribution in [1.82, 2.24) is 15.0 Å². The first-order chi connectivity index (χ1) is 10.7. The molecule has 118 valence electrons. The fraction of sp³-hybridized carbons (Fsp3) is 0.588. The lowest BCUT2D eigenvalue weighted by Gasteiger charge is -2.20. The van der Waals surface area contributed by atoms with Crippen LogP contribution in [0, 0.1) is 19.8 Å². The molecular weight excluding hydrogens is 276 g/mol. The van der Waals surface area contributed by atoms with E-state index in [0.29, 0.717) is 5.92 Å². The summed E-state index contributed by atoms with van der Waals surface area (Å²) in [6.45, 7) is 10.0. The van der Waals surface area contributed by atoms with Gasteiger partial charge in [-0.05, 0) is 38.3 Å². The Morgan fingerprint density at radius 1 is 1.32 bits per heavy atom. The third-order valence-electron chi connectivity index (χ3n) is 4.20. The van der Waals surface area contributed by atoms with Gasteiger partial charge in [0.1, 0.15) is 12.1 Å². The minimum absolute atomic E-state index is 0.593. The van der Waals surface area contributed by atoms with Crippen LogP contribution in [0.1, 0.15) is 31.0 Å². The van der Waals surface area contributed by atoms with Crippen LogP contribution < -0.4 is 4.90 Å².